The van der Waals surface area contributed by atoms with E-state index in [1.807, 2.05) is 0 Å². The topological polar surface area (TPSA) is 80.0 Å². The number of carbonyl (C=O) groups is 2. The Morgan fingerprint density at radius 1 is 1.27 bits per heavy atom. The van der Waals surface area contributed by atoms with E-state index in [9.17, 15) is 14.7 Å². The average Bonchev–Trinajstić information content (AvgIpc) is 3.16. The van der Waals surface area contributed by atoms with E-state index in [0.717, 1.165) is 0 Å². The minimum atomic E-state index is -0.743. The molecule has 1 aromatic heterocycles. The highest BCUT2D eigenvalue weighted by Gasteiger charge is 2.44. The van der Waals surface area contributed by atoms with Crippen molar-refractivity contribution in [2.24, 2.45) is 0 Å². The summed E-state index contributed by atoms with van der Waals surface area (Å²) in [6, 6.07) is 9.22. The Balaban J connectivity index is 2.07. The molecular weight excluding hydrogens is 358 g/mol. The van der Waals surface area contributed by atoms with Gasteiger partial charge in [-0.2, -0.15) is 0 Å². The first-order valence-electron chi connectivity index (χ1n) is 8.03. The lowest BCUT2D eigenvalue weighted by atomic mass is 9.95. The molecule has 1 aliphatic rings. The number of rotatable bonds is 6. The number of ether oxygens (including phenoxy) is 1. The van der Waals surface area contributed by atoms with E-state index >= 15 is 0 Å². The van der Waals surface area contributed by atoms with Gasteiger partial charge in [0, 0.05) is 18.7 Å². The van der Waals surface area contributed by atoms with Crippen molar-refractivity contribution in [2.75, 3.05) is 20.3 Å². The summed E-state index contributed by atoms with van der Waals surface area (Å²) in [6.45, 7) is 2.21. The standard InChI is InChI=1S/C19H18ClNO5/c1-11-3-8-14(26-11)17(22)15-16(12-4-6-13(20)7-5-12)21(9-10-25-2)19(24)18(15)23/h3-8,16,23H,9-10H2,1-2H3. The molecule has 7 heteroatoms. The second kappa shape index (κ2) is 7.35. The van der Waals surface area contributed by atoms with Crippen molar-refractivity contribution in [3.63, 3.8) is 0 Å². The van der Waals surface area contributed by atoms with Crippen molar-refractivity contribution in [1.82, 2.24) is 4.90 Å². The number of Topliss-reactive ketones (excluding diaryl/α,β-unsaturated/α-hetero) is 1. The van der Waals surface area contributed by atoms with Gasteiger partial charge < -0.3 is 19.2 Å². The number of hydrogen-bond donors (Lipinski definition) is 1. The van der Waals surface area contributed by atoms with Crippen LogP contribution in [0.1, 0.15) is 27.9 Å². The van der Waals surface area contributed by atoms with Gasteiger partial charge in [-0.1, -0.05) is 23.7 Å². The maximum absolute atomic E-state index is 12.9. The summed E-state index contributed by atoms with van der Waals surface area (Å²) in [4.78, 5) is 26.9. The Labute approximate surface area is 155 Å². The molecule has 0 aliphatic carbocycles. The molecule has 136 valence electrons. The molecular formula is C19H18ClNO5. The zero-order valence-corrected chi connectivity index (χ0v) is 15.1. The Morgan fingerprint density at radius 3 is 2.54 bits per heavy atom. The Kier molecular flexibility index (Phi) is 5.15. The van der Waals surface area contributed by atoms with E-state index in [4.69, 9.17) is 20.8 Å². The molecule has 1 aromatic carbocycles. The third-order valence-electron chi connectivity index (χ3n) is 4.23. The van der Waals surface area contributed by atoms with Gasteiger partial charge in [-0.05, 0) is 36.8 Å². The molecule has 26 heavy (non-hydrogen) atoms. The van der Waals surface area contributed by atoms with E-state index in [1.165, 1.54) is 18.1 Å². The molecule has 1 unspecified atom stereocenters. The van der Waals surface area contributed by atoms with E-state index in [1.54, 1.807) is 37.3 Å². The van der Waals surface area contributed by atoms with Crippen LogP contribution in [0.2, 0.25) is 5.02 Å². The van der Waals surface area contributed by atoms with Crippen LogP contribution in [0.4, 0.5) is 0 Å². The third kappa shape index (κ3) is 3.25. The smallest absolute Gasteiger partial charge is 0.290 e. The number of aliphatic hydroxyl groups is 1. The maximum Gasteiger partial charge on any atom is 0.290 e. The van der Waals surface area contributed by atoms with E-state index in [0.29, 0.717) is 16.3 Å². The van der Waals surface area contributed by atoms with Crippen LogP contribution in [0.25, 0.3) is 0 Å². The molecule has 1 N–H and O–H groups in total. The molecule has 2 heterocycles. The molecule has 0 bridgehead atoms. The minimum Gasteiger partial charge on any atom is -0.503 e. The molecule has 0 radical (unpaired) electrons. The zero-order valence-electron chi connectivity index (χ0n) is 14.4. The van der Waals surface area contributed by atoms with Crippen molar-refractivity contribution in [3.05, 3.63) is 69.8 Å². The first-order valence-corrected chi connectivity index (χ1v) is 8.41. The van der Waals surface area contributed by atoms with E-state index < -0.39 is 23.5 Å². The number of benzene rings is 1. The molecule has 0 spiro atoms. The summed E-state index contributed by atoms with van der Waals surface area (Å²) in [6.07, 6.45) is 0. The number of halogens is 1. The summed E-state index contributed by atoms with van der Waals surface area (Å²) in [5.41, 5.74) is 0.650. The lowest BCUT2D eigenvalue weighted by Crippen LogP contribution is -2.33. The summed E-state index contributed by atoms with van der Waals surface area (Å²) in [5, 5.41) is 10.9. The van der Waals surface area contributed by atoms with Gasteiger partial charge >= 0.3 is 0 Å². The molecule has 1 aliphatic heterocycles. The van der Waals surface area contributed by atoms with Crippen LogP contribution in [0.3, 0.4) is 0 Å². The number of furan rings is 1. The van der Waals surface area contributed by atoms with Crippen LogP contribution < -0.4 is 0 Å². The largest absolute Gasteiger partial charge is 0.503 e. The fourth-order valence-corrected chi connectivity index (χ4v) is 3.11. The molecule has 1 atom stereocenters. The van der Waals surface area contributed by atoms with Crippen molar-refractivity contribution < 1.29 is 23.8 Å². The summed E-state index contributed by atoms with van der Waals surface area (Å²) in [7, 11) is 1.52. The Hall–Kier alpha value is -2.57. The minimum absolute atomic E-state index is 0.0113. The highest BCUT2D eigenvalue weighted by molar-refractivity contribution is 6.30. The molecule has 3 rings (SSSR count). The monoisotopic (exact) mass is 375 g/mol. The summed E-state index contributed by atoms with van der Waals surface area (Å²) in [5.74, 6) is -1.07. The molecule has 0 saturated heterocycles. The fourth-order valence-electron chi connectivity index (χ4n) is 2.99. The van der Waals surface area contributed by atoms with Gasteiger partial charge in [0.2, 0.25) is 5.78 Å². The Bertz CT molecular complexity index is 868. The first-order chi connectivity index (χ1) is 12.4. The molecule has 1 amide bonds. The average molecular weight is 376 g/mol. The van der Waals surface area contributed by atoms with Gasteiger partial charge in [-0.15, -0.1) is 0 Å². The van der Waals surface area contributed by atoms with Crippen molar-refractivity contribution >= 4 is 23.3 Å². The van der Waals surface area contributed by atoms with Crippen molar-refractivity contribution in [1.29, 1.82) is 0 Å². The van der Waals surface area contributed by atoms with Crippen molar-refractivity contribution in [2.45, 2.75) is 13.0 Å². The van der Waals surface area contributed by atoms with Gasteiger partial charge in [0.25, 0.3) is 5.91 Å². The molecule has 0 saturated carbocycles. The highest BCUT2D eigenvalue weighted by atomic mass is 35.5. The van der Waals surface area contributed by atoms with Crippen LogP contribution in [-0.4, -0.2) is 42.0 Å². The van der Waals surface area contributed by atoms with Crippen LogP contribution in [0, 0.1) is 6.92 Å². The lowest BCUT2D eigenvalue weighted by molar-refractivity contribution is -0.130. The van der Waals surface area contributed by atoms with E-state index in [2.05, 4.69) is 0 Å². The highest BCUT2D eigenvalue weighted by Crippen LogP contribution is 2.39. The van der Waals surface area contributed by atoms with Gasteiger partial charge in [0.05, 0.1) is 18.2 Å². The second-order valence-electron chi connectivity index (χ2n) is 5.95. The van der Waals surface area contributed by atoms with Crippen molar-refractivity contribution in [3.8, 4) is 0 Å². The first kappa shape index (κ1) is 18.2. The van der Waals surface area contributed by atoms with Gasteiger partial charge in [-0.25, -0.2) is 0 Å². The Morgan fingerprint density at radius 2 is 1.96 bits per heavy atom. The van der Waals surface area contributed by atoms with Crippen LogP contribution in [0.5, 0.6) is 0 Å². The predicted octanol–water partition coefficient (Wildman–Crippen LogP) is 3.47. The number of carbonyl (C=O) groups excluding carboxylic acids is 2. The number of methoxy groups -OCH3 is 1. The number of aliphatic hydroxyl groups excluding tert-OH is 1. The normalized spacial score (nSPS) is 17.3. The molecule has 6 nitrogen and oxygen atoms in total. The number of amides is 1. The summed E-state index contributed by atoms with van der Waals surface area (Å²) < 4.78 is 10.4. The van der Waals surface area contributed by atoms with E-state index in [-0.39, 0.29) is 24.5 Å². The van der Waals surface area contributed by atoms with Crippen LogP contribution >= 0.6 is 11.6 Å². The summed E-state index contributed by atoms with van der Waals surface area (Å²) >= 11 is 5.95. The lowest BCUT2D eigenvalue weighted by Gasteiger charge is -2.26. The fraction of sp³-hybridized carbons (Fsp3) is 0.263. The molecule has 0 fully saturated rings. The van der Waals surface area contributed by atoms with Crippen LogP contribution in [0.15, 0.2) is 52.1 Å². The second-order valence-corrected chi connectivity index (χ2v) is 6.38. The van der Waals surface area contributed by atoms with Crippen LogP contribution in [-0.2, 0) is 9.53 Å². The number of nitrogens with zero attached hydrogens (tertiary/aromatic N) is 1. The number of ketones is 1. The zero-order chi connectivity index (χ0) is 18.8. The number of aryl methyl sites for hydroxylation is 1. The SMILES string of the molecule is COCCN1C(=O)C(O)=C(C(=O)c2ccc(C)o2)C1c1ccc(Cl)cc1. The maximum atomic E-state index is 12.9. The number of hydrogen-bond acceptors (Lipinski definition) is 5. The third-order valence-corrected chi connectivity index (χ3v) is 4.49. The molecule has 2 aromatic rings. The van der Waals surface area contributed by atoms with Gasteiger partial charge in [-0.3, -0.25) is 9.59 Å². The quantitative estimate of drug-likeness (QED) is 0.782. The van der Waals surface area contributed by atoms with Gasteiger partial charge in [0.15, 0.2) is 11.5 Å². The predicted molar refractivity (Wildman–Crippen MR) is 95.2 cm³/mol. The van der Waals surface area contributed by atoms with Gasteiger partial charge in [0.1, 0.15) is 5.76 Å².